The third-order valence-corrected chi connectivity index (χ3v) is 6.64. The molecule has 3 aromatic carbocycles. The summed E-state index contributed by atoms with van der Waals surface area (Å²) in [6, 6.07) is 21.0. The molecule has 0 aliphatic carbocycles. The summed E-state index contributed by atoms with van der Waals surface area (Å²) in [5, 5.41) is 6.80. The standard InChI is InChI=1S/C31H34FN5O3/c1-22(2)29(34-30(38)24-7-5-4-6-8-24)31(39)35-33-20-23-9-14-28(40-3)25(19-23)21-36-15-17-37(18-16-36)27-12-10-26(32)11-13-27/h4-14,19-20H,15-18,21H2,1-3H3,(H,34,38)(H,35,39). The van der Waals surface area contributed by atoms with Crippen molar-refractivity contribution in [3.05, 3.63) is 107 Å². The summed E-state index contributed by atoms with van der Waals surface area (Å²) in [5.41, 5.74) is 6.61. The van der Waals surface area contributed by atoms with E-state index in [1.54, 1.807) is 51.4 Å². The van der Waals surface area contributed by atoms with E-state index in [4.69, 9.17) is 4.74 Å². The van der Waals surface area contributed by atoms with E-state index >= 15 is 0 Å². The summed E-state index contributed by atoms with van der Waals surface area (Å²) in [4.78, 5) is 29.9. The number of nitrogens with one attached hydrogen (secondary N) is 2. The van der Waals surface area contributed by atoms with Crippen LogP contribution >= 0.6 is 0 Å². The van der Waals surface area contributed by atoms with Gasteiger partial charge in [0.2, 0.25) is 0 Å². The molecule has 0 radical (unpaired) electrons. The molecule has 0 unspecified atom stereocenters. The van der Waals surface area contributed by atoms with Crippen LogP contribution in [0.3, 0.4) is 0 Å². The molecular formula is C31H34FN5O3. The molecule has 1 aliphatic rings. The van der Waals surface area contributed by atoms with Crippen LogP contribution in [0.5, 0.6) is 5.75 Å². The normalized spacial score (nSPS) is 13.7. The number of methoxy groups -OCH3 is 1. The van der Waals surface area contributed by atoms with Gasteiger partial charge in [-0.3, -0.25) is 14.5 Å². The fraction of sp³-hybridized carbons (Fsp3) is 0.258. The Bertz CT molecular complexity index is 1380. The second-order valence-corrected chi connectivity index (χ2v) is 9.71. The Balaban J connectivity index is 1.35. The number of carbonyl (C=O) groups excluding carboxylic acids is 2. The Kier molecular flexibility index (Phi) is 9.64. The van der Waals surface area contributed by atoms with Crippen LogP contribution in [-0.2, 0) is 11.3 Å². The van der Waals surface area contributed by atoms with Gasteiger partial charge in [0.1, 0.15) is 17.3 Å². The number of allylic oxidation sites excluding steroid dienone is 1. The van der Waals surface area contributed by atoms with E-state index in [1.165, 1.54) is 12.1 Å². The number of hydrazone groups is 1. The molecule has 8 nitrogen and oxygen atoms in total. The average Bonchev–Trinajstić information content (AvgIpc) is 2.97. The lowest BCUT2D eigenvalue weighted by Gasteiger charge is -2.36. The lowest BCUT2D eigenvalue weighted by Crippen LogP contribution is -2.46. The molecule has 208 valence electrons. The predicted octanol–water partition coefficient (Wildman–Crippen LogP) is 4.33. The van der Waals surface area contributed by atoms with Gasteiger partial charge < -0.3 is 15.0 Å². The van der Waals surface area contributed by atoms with Gasteiger partial charge in [0, 0.05) is 49.5 Å². The van der Waals surface area contributed by atoms with Crippen molar-refractivity contribution < 1.29 is 18.7 Å². The minimum Gasteiger partial charge on any atom is -0.496 e. The van der Waals surface area contributed by atoms with Crippen LogP contribution in [0.15, 0.2) is 89.2 Å². The SMILES string of the molecule is COc1ccc(C=NNC(=O)C(NC(=O)c2ccccc2)=C(C)C)cc1CN1CCN(c2ccc(F)cc2)CC1. The molecule has 1 heterocycles. The van der Waals surface area contributed by atoms with E-state index in [0.717, 1.165) is 48.7 Å². The van der Waals surface area contributed by atoms with E-state index in [9.17, 15) is 14.0 Å². The van der Waals surface area contributed by atoms with Crippen molar-refractivity contribution in [2.24, 2.45) is 5.10 Å². The molecule has 1 aliphatic heterocycles. The molecule has 9 heteroatoms. The molecule has 0 saturated carbocycles. The van der Waals surface area contributed by atoms with Crippen LogP contribution < -0.4 is 20.4 Å². The molecule has 2 N–H and O–H groups in total. The van der Waals surface area contributed by atoms with Crippen molar-refractivity contribution in [1.29, 1.82) is 0 Å². The van der Waals surface area contributed by atoms with Gasteiger partial charge in [0.15, 0.2) is 0 Å². The second-order valence-electron chi connectivity index (χ2n) is 9.71. The van der Waals surface area contributed by atoms with E-state index in [1.807, 2.05) is 36.4 Å². The van der Waals surface area contributed by atoms with Crippen LogP contribution in [0.25, 0.3) is 0 Å². The molecular weight excluding hydrogens is 509 g/mol. The fourth-order valence-electron chi connectivity index (χ4n) is 4.46. The van der Waals surface area contributed by atoms with Crippen molar-refractivity contribution in [2.45, 2.75) is 20.4 Å². The average molecular weight is 544 g/mol. The minimum absolute atomic E-state index is 0.154. The van der Waals surface area contributed by atoms with Crippen LogP contribution in [-0.4, -0.2) is 56.2 Å². The quantitative estimate of drug-likeness (QED) is 0.238. The highest BCUT2D eigenvalue weighted by atomic mass is 19.1. The topological polar surface area (TPSA) is 86.3 Å². The smallest absolute Gasteiger partial charge is 0.287 e. The number of nitrogens with zero attached hydrogens (tertiary/aromatic N) is 3. The van der Waals surface area contributed by atoms with Crippen molar-refractivity contribution in [2.75, 3.05) is 38.2 Å². The van der Waals surface area contributed by atoms with Gasteiger partial charge in [0.05, 0.1) is 13.3 Å². The fourth-order valence-corrected chi connectivity index (χ4v) is 4.46. The Morgan fingerprint density at radius 2 is 1.68 bits per heavy atom. The monoisotopic (exact) mass is 543 g/mol. The third-order valence-electron chi connectivity index (χ3n) is 6.64. The van der Waals surface area contributed by atoms with Gasteiger partial charge in [-0.05, 0) is 79.6 Å². The molecule has 1 fully saturated rings. The van der Waals surface area contributed by atoms with Crippen molar-refractivity contribution in [3.63, 3.8) is 0 Å². The van der Waals surface area contributed by atoms with Crippen LogP contribution in [0.4, 0.5) is 10.1 Å². The molecule has 0 bridgehead atoms. The van der Waals surface area contributed by atoms with Crippen LogP contribution in [0, 0.1) is 5.82 Å². The second kappa shape index (κ2) is 13.5. The predicted molar refractivity (Wildman–Crippen MR) is 155 cm³/mol. The molecule has 4 rings (SSSR count). The summed E-state index contributed by atoms with van der Waals surface area (Å²) in [6.07, 6.45) is 1.56. The van der Waals surface area contributed by atoms with E-state index < -0.39 is 5.91 Å². The largest absolute Gasteiger partial charge is 0.496 e. The van der Waals surface area contributed by atoms with Gasteiger partial charge in [0.25, 0.3) is 11.8 Å². The molecule has 1 saturated heterocycles. The number of halogens is 1. The Hall–Kier alpha value is -4.50. The van der Waals surface area contributed by atoms with Gasteiger partial charge in [-0.15, -0.1) is 0 Å². The number of rotatable bonds is 9. The number of anilines is 1. The van der Waals surface area contributed by atoms with Crippen molar-refractivity contribution >= 4 is 23.7 Å². The lowest BCUT2D eigenvalue weighted by molar-refractivity contribution is -0.117. The maximum absolute atomic E-state index is 13.3. The summed E-state index contributed by atoms with van der Waals surface area (Å²) < 4.78 is 18.8. The zero-order chi connectivity index (χ0) is 28.5. The Morgan fingerprint density at radius 3 is 2.33 bits per heavy atom. The lowest BCUT2D eigenvalue weighted by atomic mass is 10.1. The maximum atomic E-state index is 13.3. The van der Waals surface area contributed by atoms with E-state index in [0.29, 0.717) is 17.7 Å². The number of hydrogen-bond donors (Lipinski definition) is 2. The minimum atomic E-state index is -0.506. The first-order chi connectivity index (χ1) is 19.3. The Labute approximate surface area is 234 Å². The highest BCUT2D eigenvalue weighted by Crippen LogP contribution is 2.23. The van der Waals surface area contributed by atoms with Gasteiger partial charge in [-0.2, -0.15) is 5.10 Å². The summed E-state index contributed by atoms with van der Waals surface area (Å²) in [5.74, 6) is -0.329. The third kappa shape index (κ3) is 7.54. The molecule has 3 aromatic rings. The number of benzene rings is 3. The number of carbonyl (C=O) groups is 2. The summed E-state index contributed by atoms with van der Waals surface area (Å²) in [7, 11) is 1.64. The molecule has 40 heavy (non-hydrogen) atoms. The highest BCUT2D eigenvalue weighted by Gasteiger charge is 2.19. The zero-order valence-corrected chi connectivity index (χ0v) is 23.0. The molecule has 0 aromatic heterocycles. The number of piperazine rings is 1. The van der Waals surface area contributed by atoms with Crippen molar-refractivity contribution in [1.82, 2.24) is 15.6 Å². The van der Waals surface area contributed by atoms with Gasteiger partial charge >= 0.3 is 0 Å². The Morgan fingerprint density at radius 1 is 0.975 bits per heavy atom. The maximum Gasteiger partial charge on any atom is 0.287 e. The first-order valence-electron chi connectivity index (χ1n) is 13.1. The molecule has 0 spiro atoms. The number of amides is 2. The summed E-state index contributed by atoms with van der Waals surface area (Å²) in [6.45, 7) is 7.59. The first kappa shape index (κ1) is 28.5. The van der Waals surface area contributed by atoms with Gasteiger partial charge in [-0.1, -0.05) is 18.2 Å². The van der Waals surface area contributed by atoms with Gasteiger partial charge in [-0.25, -0.2) is 9.82 Å². The van der Waals surface area contributed by atoms with E-state index in [-0.39, 0.29) is 17.4 Å². The number of hydrogen-bond acceptors (Lipinski definition) is 6. The zero-order valence-electron chi connectivity index (χ0n) is 23.0. The number of ether oxygens (including phenoxy) is 1. The van der Waals surface area contributed by atoms with Crippen LogP contribution in [0.2, 0.25) is 0 Å². The van der Waals surface area contributed by atoms with Crippen LogP contribution in [0.1, 0.15) is 35.3 Å². The first-order valence-corrected chi connectivity index (χ1v) is 13.1. The molecule has 0 atom stereocenters. The van der Waals surface area contributed by atoms with E-state index in [2.05, 4.69) is 25.6 Å². The van der Waals surface area contributed by atoms with Crippen molar-refractivity contribution in [3.8, 4) is 5.75 Å². The summed E-state index contributed by atoms with van der Waals surface area (Å²) >= 11 is 0. The molecule has 2 amide bonds. The highest BCUT2D eigenvalue weighted by molar-refractivity contribution is 6.03.